The molecule has 4 atom stereocenters. The van der Waals surface area contributed by atoms with Gasteiger partial charge in [0.05, 0.1) is 78.2 Å². The van der Waals surface area contributed by atoms with Crippen molar-refractivity contribution in [1.82, 2.24) is 138 Å². The molecule has 12 aromatic rings. The van der Waals surface area contributed by atoms with E-state index in [-0.39, 0.29) is 91.9 Å². The molecule has 8 fully saturated rings. The van der Waals surface area contributed by atoms with Gasteiger partial charge in [0.25, 0.3) is 17.7 Å². The minimum Gasteiger partial charge on any atom is -0.479 e. The molecule has 53 heteroatoms. The number of carbonyl (C=O) groups excluding carboxylic acids is 5. The maximum Gasteiger partial charge on any atom is 0.344 e. The lowest BCUT2D eigenvalue weighted by molar-refractivity contribution is -0.161. The lowest BCUT2D eigenvalue weighted by Gasteiger charge is -2.34. The Morgan fingerprint density at radius 1 is 0.345 bits per heavy atom. The molecule has 8 saturated heterocycles. The maximum absolute atomic E-state index is 12.7. The van der Waals surface area contributed by atoms with Gasteiger partial charge in [0.1, 0.15) is 57.1 Å². The van der Waals surface area contributed by atoms with Crippen LogP contribution < -0.4 is 47.9 Å². The zero-order valence-corrected chi connectivity index (χ0v) is 80.5. The smallest absolute Gasteiger partial charge is 0.344 e. The number of morpholine rings is 4. The Morgan fingerprint density at radius 2 is 0.570 bits per heavy atom. The number of piperidine rings is 4. The predicted molar refractivity (Wildman–Crippen MR) is 526 cm³/mol. The Labute approximate surface area is 828 Å². The van der Waals surface area contributed by atoms with Crippen molar-refractivity contribution in [1.29, 1.82) is 0 Å². The van der Waals surface area contributed by atoms with Gasteiger partial charge in [0.15, 0.2) is 34.8 Å². The number of fused-ring (bicyclic) bond motifs is 4. The lowest BCUT2D eigenvalue weighted by Crippen LogP contribution is -2.44. The van der Waals surface area contributed by atoms with Crippen LogP contribution in [-0.4, -0.2) is 366 Å². The van der Waals surface area contributed by atoms with Gasteiger partial charge in [-0.15, -0.1) is 24.8 Å². The number of amides is 3. The summed E-state index contributed by atoms with van der Waals surface area (Å²) in [4.78, 5) is 172. The summed E-state index contributed by atoms with van der Waals surface area (Å²) in [6, 6.07) is 0.757. The third kappa shape index (κ3) is 25.1. The summed E-state index contributed by atoms with van der Waals surface area (Å²) in [6.07, 6.45) is 23.3. The molecule has 0 bridgehead atoms. The molecule has 3 amide bonds. The number of carboxylic acid groups (broad SMARTS) is 1. The number of ether oxygens (including phenoxy) is 6. The lowest BCUT2D eigenvalue weighted by atomic mass is 10.0. The standard InChI is InChI=1S/C23H29N9O4.2C21H27N9O3.C18H23N9O.C5H8O4.CH4.2ClH/c1-14(36-15(2)33)21(34)30-5-3-17(4-6-30)32-13-27-19-18(16-11-25-22(24)26-12-16)28-23(29-20(19)32)31-7-9-35-10-8-31;2*1-13(31)19(32)28-4-2-15(3-5-28)30-12-25-17-16(14-10-23-20(22)24-11-14)26-21(27-18(17)30)29-6-8-33-9-7-29;19-17-21-9-12(10-22-17)14-15-16(25-18(24-14)26-5-7-28-8-6-26)27(11-23-15)13-1-3-20-4-2-13;1-3(5(7)8)9-4(2)6;;;/h11-14,17H,3-10H2,1-2H3,(H2,24,25,26);2*10-13,15,31H,2-9H2,1H3,(H2,22,23,24);9-11,13,20H,1-8H2,(H2,19,21,22);3H,1-2H3,(H,7,8);1H4;2*1H/t14-;2*13-;;3-;;;/m000.0.../s1. The zero-order chi connectivity index (χ0) is 97.5. The molecule has 20 heterocycles. The molecule has 0 aliphatic carbocycles. The number of halogens is 2. The summed E-state index contributed by atoms with van der Waals surface area (Å²) >= 11 is 0. The van der Waals surface area contributed by atoms with Gasteiger partial charge in [-0.05, 0) is 92.2 Å². The number of hydrogen-bond acceptors (Lipinski definition) is 43. The van der Waals surface area contributed by atoms with E-state index in [4.69, 9.17) is 91.6 Å². The Bertz CT molecular complexity index is 6070. The van der Waals surface area contributed by atoms with E-state index in [0.717, 1.165) is 117 Å². The first-order chi connectivity index (χ1) is 67.2. The number of carbonyl (C=O) groups is 6. The Hall–Kier alpha value is -14.0. The van der Waals surface area contributed by atoms with Crippen LogP contribution in [0.3, 0.4) is 0 Å². The first-order valence-corrected chi connectivity index (χ1v) is 46.4. The van der Waals surface area contributed by atoms with Crippen molar-refractivity contribution < 1.29 is 72.5 Å². The first-order valence-electron chi connectivity index (χ1n) is 46.4. The van der Waals surface area contributed by atoms with Crippen molar-refractivity contribution in [3.05, 3.63) is 74.9 Å². The van der Waals surface area contributed by atoms with Crippen LogP contribution in [0.25, 0.3) is 89.7 Å². The third-order valence-corrected chi connectivity index (χ3v) is 24.9. The number of nitrogens with zero attached hydrogens (tertiary/aromatic N) is 31. The van der Waals surface area contributed by atoms with Crippen LogP contribution in [-0.2, 0) is 57.2 Å². The molecule has 20 rings (SSSR count). The zero-order valence-electron chi connectivity index (χ0n) is 78.9. The number of imidazole rings is 4. The van der Waals surface area contributed by atoms with E-state index >= 15 is 0 Å². The number of nitrogens with two attached hydrogens (primary N) is 4. The summed E-state index contributed by atoms with van der Waals surface area (Å²) in [5, 5.41) is 30.8. The van der Waals surface area contributed by atoms with Gasteiger partial charge in [0, 0.05) is 201 Å². The molecule has 0 radical (unpaired) electrons. The van der Waals surface area contributed by atoms with Crippen LogP contribution in [0.5, 0.6) is 0 Å². The fourth-order valence-corrected chi connectivity index (χ4v) is 17.5. The van der Waals surface area contributed by atoms with E-state index in [0.29, 0.717) is 212 Å². The van der Waals surface area contributed by atoms with Crippen LogP contribution in [0.15, 0.2) is 74.9 Å². The number of nitrogen functional groups attached to an aromatic ring is 4. The molecule has 12 aromatic heterocycles. The number of anilines is 8. The van der Waals surface area contributed by atoms with E-state index in [9.17, 15) is 39.0 Å². The molecular formula is C89H120Cl2N36O15. The van der Waals surface area contributed by atoms with E-state index in [2.05, 4.69) is 108 Å². The Balaban J connectivity index is 0.000000154. The van der Waals surface area contributed by atoms with E-state index in [1.54, 1.807) is 90.2 Å². The van der Waals surface area contributed by atoms with Crippen LogP contribution >= 0.6 is 24.8 Å². The molecule has 0 spiro atoms. The molecule has 51 nitrogen and oxygen atoms in total. The number of nitrogens with one attached hydrogen (secondary N) is 1. The highest BCUT2D eigenvalue weighted by atomic mass is 35.5. The minimum absolute atomic E-state index is 0. The monoisotopic (exact) mass is 2000 g/mol. The number of aliphatic carboxylic acids is 1. The number of esters is 2. The number of rotatable bonds is 18. The van der Waals surface area contributed by atoms with Crippen molar-refractivity contribution in [2.24, 2.45) is 0 Å². The second-order valence-corrected chi connectivity index (χ2v) is 34.3. The fraction of sp³-hybridized carbons (Fsp3) is 0.528. The van der Waals surface area contributed by atoms with E-state index < -0.39 is 42.3 Å². The van der Waals surface area contributed by atoms with Gasteiger partial charge < -0.3 is 125 Å². The largest absolute Gasteiger partial charge is 0.479 e. The molecule has 760 valence electrons. The summed E-state index contributed by atoms with van der Waals surface area (Å²) in [5.41, 5.74) is 34.1. The van der Waals surface area contributed by atoms with Crippen LogP contribution in [0.2, 0.25) is 0 Å². The molecule has 12 N–H and O–H groups in total. The Kier molecular flexibility index (Phi) is 36.0. The number of carboxylic acids is 1. The van der Waals surface area contributed by atoms with E-state index in [1.165, 1.54) is 34.6 Å². The van der Waals surface area contributed by atoms with E-state index in [1.807, 2.05) is 6.33 Å². The SMILES string of the molecule is C.CC(=O)O[C@@H](C)C(=O)N1CCC(n2cnc3c(-c4cnc(N)nc4)nc(N4CCOCC4)nc32)CC1.CC(=O)O[C@@H](C)C(=O)O.C[C@H](O)C(=O)N1CCC(n2cnc3c(-c4cnc(N)nc4)nc(N4CCOCC4)nc32)CC1.C[C@H](O)C(=O)N1CCC(n2cnc3c(-c4cnc(N)nc4)nc(N4CCOCC4)nc32)CC1.Cl.Cl.Nc1ncc(-c2nc(N3CCOCC3)nc3c2ncn3C2CCNCC2)cn1. The highest BCUT2D eigenvalue weighted by Gasteiger charge is 2.36. The van der Waals surface area contributed by atoms with Crippen LogP contribution in [0, 0.1) is 0 Å². The molecular weight excluding hydrogens is 1880 g/mol. The van der Waals surface area contributed by atoms with Gasteiger partial charge >= 0.3 is 17.9 Å². The van der Waals surface area contributed by atoms with Gasteiger partial charge in [-0.1, -0.05) is 7.43 Å². The second-order valence-electron chi connectivity index (χ2n) is 34.3. The van der Waals surface area contributed by atoms with Crippen molar-refractivity contribution in [2.45, 2.75) is 149 Å². The number of aliphatic hydroxyl groups excluding tert-OH is 2. The van der Waals surface area contributed by atoms with Crippen LogP contribution in [0.1, 0.15) is 125 Å². The quantitative estimate of drug-likeness (QED) is 0.0570. The maximum atomic E-state index is 12.7. The number of hydrogen-bond donors (Lipinski definition) is 8. The molecule has 0 aromatic carbocycles. The summed E-state index contributed by atoms with van der Waals surface area (Å²) in [5.74, 6) is 0.518. The topological polar surface area (TPSA) is 635 Å². The van der Waals surface area contributed by atoms with Crippen molar-refractivity contribution >= 4 is 153 Å². The predicted octanol–water partition coefficient (Wildman–Crippen LogP) is 3.44. The van der Waals surface area contributed by atoms with Gasteiger partial charge in [-0.3, -0.25) is 24.0 Å². The highest BCUT2D eigenvalue weighted by molar-refractivity contribution is 5.92. The number of aliphatic hydroxyl groups is 2. The minimum atomic E-state index is -1.13. The molecule has 0 saturated carbocycles. The third-order valence-electron chi connectivity index (χ3n) is 24.9. The van der Waals surface area contributed by atoms with Crippen molar-refractivity contribution in [3.63, 3.8) is 0 Å². The second kappa shape index (κ2) is 48.5. The fourth-order valence-electron chi connectivity index (χ4n) is 17.5. The van der Waals surface area contributed by atoms with Gasteiger partial charge in [0.2, 0.25) is 47.6 Å². The molecule has 0 unspecified atom stereocenters. The Morgan fingerprint density at radius 3 is 0.789 bits per heavy atom. The van der Waals surface area contributed by atoms with Crippen LogP contribution in [0.4, 0.5) is 47.6 Å². The average Bonchev–Trinajstić information content (AvgIpc) is 1.61. The number of likely N-dealkylation sites (tertiary alicyclic amines) is 3. The molecule has 8 aliphatic rings. The summed E-state index contributed by atoms with van der Waals surface area (Å²) in [6.45, 7) is 24.6. The molecule has 142 heavy (non-hydrogen) atoms. The van der Waals surface area contributed by atoms with Crippen molar-refractivity contribution in [2.75, 3.05) is 200 Å². The summed E-state index contributed by atoms with van der Waals surface area (Å²) < 4.78 is 39.7. The normalized spacial score (nSPS) is 17.6. The van der Waals surface area contributed by atoms with Crippen molar-refractivity contribution in [3.8, 4) is 45.0 Å². The molecule has 8 aliphatic heterocycles. The highest BCUT2D eigenvalue weighted by Crippen LogP contribution is 2.38. The van der Waals surface area contributed by atoms with Gasteiger partial charge in [-0.25, -0.2) is 84.5 Å². The first kappa shape index (κ1) is 105. The number of aromatic nitrogens is 24. The van der Waals surface area contributed by atoms with Gasteiger partial charge in [-0.2, -0.15) is 19.9 Å². The summed E-state index contributed by atoms with van der Waals surface area (Å²) in [7, 11) is 0. The average molecular weight is 2010 g/mol.